The van der Waals surface area contributed by atoms with Crippen LogP contribution in [0.15, 0.2) is 52.9 Å². The number of anilines is 3. The van der Waals surface area contributed by atoms with Crippen LogP contribution in [0.25, 0.3) is 0 Å². The Morgan fingerprint density at radius 2 is 1.85 bits per heavy atom. The quantitative estimate of drug-likeness (QED) is 0.521. The fourth-order valence-electron chi connectivity index (χ4n) is 3.60. The molecule has 0 atom stereocenters. The third-order valence-corrected chi connectivity index (χ3v) is 7.66. The SMILES string of the molecule is COc1cc(C(=O)O)ccc1NS(=O)(=O)c1csc(N2CCN(c3cccc(C)c3)CC2)n1. The van der Waals surface area contributed by atoms with Crippen LogP contribution in [0.1, 0.15) is 15.9 Å². The summed E-state index contributed by atoms with van der Waals surface area (Å²) in [6.45, 7) is 5.17. The molecule has 0 spiro atoms. The maximum atomic E-state index is 12.9. The Morgan fingerprint density at radius 3 is 2.52 bits per heavy atom. The Morgan fingerprint density at radius 1 is 1.12 bits per heavy atom. The Balaban J connectivity index is 1.45. The van der Waals surface area contributed by atoms with Gasteiger partial charge in [0, 0.05) is 37.2 Å². The number of ether oxygens (including phenoxy) is 1. The molecule has 0 aliphatic carbocycles. The van der Waals surface area contributed by atoms with Crippen LogP contribution in [-0.2, 0) is 10.0 Å². The van der Waals surface area contributed by atoms with Crippen LogP contribution in [0.3, 0.4) is 0 Å². The lowest BCUT2D eigenvalue weighted by Gasteiger charge is -2.36. The molecule has 1 saturated heterocycles. The standard InChI is InChI=1S/C22H24N4O5S2/c1-15-4-3-5-17(12-15)25-8-10-26(11-9-25)22-23-20(14-32-22)33(29,30)24-18-7-6-16(21(27)28)13-19(18)31-2/h3-7,12-14,24H,8-11H2,1-2H3,(H,27,28). The van der Waals surface area contributed by atoms with E-state index in [1.165, 1.54) is 53.3 Å². The van der Waals surface area contributed by atoms with E-state index in [1.807, 2.05) is 6.07 Å². The van der Waals surface area contributed by atoms with Crippen molar-refractivity contribution in [1.29, 1.82) is 0 Å². The number of methoxy groups -OCH3 is 1. The second-order valence-corrected chi connectivity index (χ2v) is 10.1. The Bertz CT molecular complexity index is 1270. The smallest absolute Gasteiger partial charge is 0.335 e. The van der Waals surface area contributed by atoms with E-state index in [0.29, 0.717) is 5.13 Å². The summed E-state index contributed by atoms with van der Waals surface area (Å²) < 4.78 is 33.4. The van der Waals surface area contributed by atoms with Crippen molar-refractivity contribution in [2.24, 2.45) is 0 Å². The number of carbonyl (C=O) groups is 1. The highest BCUT2D eigenvalue weighted by Crippen LogP contribution is 2.30. The van der Waals surface area contributed by atoms with Crippen molar-refractivity contribution in [3.8, 4) is 5.75 Å². The average molecular weight is 489 g/mol. The van der Waals surface area contributed by atoms with E-state index in [1.54, 1.807) is 0 Å². The summed E-state index contributed by atoms with van der Waals surface area (Å²) in [7, 11) is -2.63. The van der Waals surface area contributed by atoms with E-state index in [0.717, 1.165) is 26.2 Å². The van der Waals surface area contributed by atoms with Gasteiger partial charge in [-0.25, -0.2) is 9.78 Å². The van der Waals surface area contributed by atoms with Gasteiger partial charge in [0.2, 0.25) is 0 Å². The molecule has 2 heterocycles. The highest BCUT2D eigenvalue weighted by molar-refractivity contribution is 7.92. The summed E-state index contributed by atoms with van der Waals surface area (Å²) in [4.78, 5) is 19.9. The summed E-state index contributed by atoms with van der Waals surface area (Å²) in [5.41, 5.74) is 2.54. The second-order valence-electron chi connectivity index (χ2n) is 7.61. The molecule has 1 aromatic heterocycles. The lowest BCUT2D eigenvalue weighted by Crippen LogP contribution is -2.46. The van der Waals surface area contributed by atoms with Gasteiger partial charge >= 0.3 is 5.97 Å². The van der Waals surface area contributed by atoms with Crippen LogP contribution in [-0.4, -0.2) is 57.8 Å². The summed E-state index contributed by atoms with van der Waals surface area (Å²) in [6, 6.07) is 12.3. The van der Waals surface area contributed by atoms with Gasteiger partial charge in [0.1, 0.15) is 5.75 Å². The number of carboxylic acids is 1. The zero-order valence-corrected chi connectivity index (χ0v) is 19.8. The van der Waals surface area contributed by atoms with E-state index in [4.69, 9.17) is 9.84 Å². The first kappa shape index (κ1) is 22.9. The molecule has 11 heteroatoms. The number of aryl methyl sites for hydroxylation is 1. The molecule has 0 bridgehead atoms. The van der Waals surface area contributed by atoms with E-state index < -0.39 is 16.0 Å². The van der Waals surface area contributed by atoms with Crippen molar-refractivity contribution in [3.05, 3.63) is 59.0 Å². The Labute approximate surface area is 196 Å². The van der Waals surface area contributed by atoms with Crippen LogP contribution in [0, 0.1) is 6.92 Å². The Kier molecular flexibility index (Phi) is 6.43. The van der Waals surface area contributed by atoms with Crippen LogP contribution in [0.4, 0.5) is 16.5 Å². The monoisotopic (exact) mass is 488 g/mol. The molecule has 1 aliphatic heterocycles. The predicted molar refractivity (Wildman–Crippen MR) is 128 cm³/mol. The third-order valence-electron chi connectivity index (χ3n) is 5.36. The number of rotatable bonds is 7. The Hall–Kier alpha value is -3.31. The molecular formula is C22H24N4O5S2. The highest BCUT2D eigenvalue weighted by atomic mass is 32.2. The molecule has 9 nitrogen and oxygen atoms in total. The largest absolute Gasteiger partial charge is 0.495 e. The molecule has 2 N–H and O–H groups in total. The van der Waals surface area contributed by atoms with Gasteiger partial charge in [-0.3, -0.25) is 4.72 Å². The van der Waals surface area contributed by atoms with Gasteiger partial charge in [0.15, 0.2) is 10.2 Å². The van der Waals surface area contributed by atoms with Gasteiger partial charge in [-0.2, -0.15) is 8.42 Å². The van der Waals surface area contributed by atoms with Crippen molar-refractivity contribution < 1.29 is 23.1 Å². The minimum absolute atomic E-state index is 0.00412. The second kappa shape index (κ2) is 9.28. The van der Waals surface area contributed by atoms with Gasteiger partial charge in [-0.15, -0.1) is 11.3 Å². The van der Waals surface area contributed by atoms with Crippen molar-refractivity contribution in [2.45, 2.75) is 11.9 Å². The molecule has 0 saturated carbocycles. The normalized spacial score (nSPS) is 14.2. The van der Waals surface area contributed by atoms with Crippen molar-refractivity contribution >= 4 is 43.8 Å². The minimum atomic E-state index is -3.97. The number of carboxylic acid groups (broad SMARTS) is 1. The zero-order valence-electron chi connectivity index (χ0n) is 18.2. The number of hydrogen-bond donors (Lipinski definition) is 2. The lowest BCUT2D eigenvalue weighted by molar-refractivity contribution is 0.0696. The van der Waals surface area contributed by atoms with Crippen molar-refractivity contribution in [2.75, 3.05) is 47.8 Å². The number of nitrogens with zero attached hydrogens (tertiary/aromatic N) is 3. The molecule has 1 fully saturated rings. The third kappa shape index (κ3) is 5.04. The molecule has 0 unspecified atom stereocenters. The number of nitrogens with one attached hydrogen (secondary N) is 1. The summed E-state index contributed by atoms with van der Waals surface area (Å²) in [5, 5.41) is 11.2. The van der Waals surface area contributed by atoms with E-state index >= 15 is 0 Å². The molecule has 0 amide bonds. The molecular weight excluding hydrogens is 464 g/mol. The van der Waals surface area contributed by atoms with E-state index in [-0.39, 0.29) is 22.0 Å². The van der Waals surface area contributed by atoms with E-state index in [9.17, 15) is 13.2 Å². The molecule has 0 radical (unpaired) electrons. The first-order valence-electron chi connectivity index (χ1n) is 10.2. The number of hydrogen-bond acceptors (Lipinski definition) is 8. The maximum Gasteiger partial charge on any atom is 0.335 e. The van der Waals surface area contributed by atoms with E-state index in [2.05, 4.69) is 44.6 Å². The molecule has 174 valence electrons. The number of benzene rings is 2. The van der Waals surface area contributed by atoms with Gasteiger partial charge in [-0.05, 0) is 42.8 Å². The van der Waals surface area contributed by atoms with Crippen LogP contribution < -0.4 is 19.3 Å². The van der Waals surface area contributed by atoms with Gasteiger partial charge in [0.25, 0.3) is 10.0 Å². The molecule has 3 aromatic rings. The summed E-state index contributed by atoms with van der Waals surface area (Å²) in [5.74, 6) is -1.02. The predicted octanol–water partition coefficient (Wildman–Crippen LogP) is 3.29. The van der Waals surface area contributed by atoms with Crippen LogP contribution >= 0.6 is 11.3 Å². The number of thiazole rings is 1. The first-order valence-corrected chi connectivity index (χ1v) is 12.6. The zero-order chi connectivity index (χ0) is 23.6. The fourth-order valence-corrected chi connectivity index (χ4v) is 5.82. The average Bonchev–Trinajstić information content (AvgIpc) is 3.30. The molecule has 1 aliphatic rings. The number of aromatic nitrogens is 1. The maximum absolute atomic E-state index is 12.9. The van der Waals surface area contributed by atoms with Crippen LogP contribution in [0.5, 0.6) is 5.75 Å². The van der Waals surface area contributed by atoms with Gasteiger partial charge in [-0.1, -0.05) is 12.1 Å². The number of piperazine rings is 1. The van der Waals surface area contributed by atoms with Gasteiger partial charge in [0.05, 0.1) is 18.4 Å². The summed E-state index contributed by atoms with van der Waals surface area (Å²) >= 11 is 1.28. The van der Waals surface area contributed by atoms with Crippen LogP contribution in [0.2, 0.25) is 0 Å². The lowest BCUT2D eigenvalue weighted by atomic mass is 10.2. The highest BCUT2D eigenvalue weighted by Gasteiger charge is 2.24. The molecule has 2 aromatic carbocycles. The molecule has 4 rings (SSSR count). The topological polar surface area (TPSA) is 112 Å². The number of sulfonamides is 1. The summed E-state index contributed by atoms with van der Waals surface area (Å²) in [6.07, 6.45) is 0. The van der Waals surface area contributed by atoms with Gasteiger partial charge < -0.3 is 19.6 Å². The van der Waals surface area contributed by atoms with Crippen molar-refractivity contribution in [1.82, 2.24) is 4.98 Å². The van der Waals surface area contributed by atoms with Crippen molar-refractivity contribution in [3.63, 3.8) is 0 Å². The fraction of sp³-hybridized carbons (Fsp3) is 0.273. The minimum Gasteiger partial charge on any atom is -0.495 e. The molecule has 33 heavy (non-hydrogen) atoms. The number of aromatic carboxylic acids is 1. The first-order chi connectivity index (χ1) is 15.8.